The molecule has 162 valence electrons. The molecule has 0 unspecified atom stereocenters. The number of hydrogen-bond donors (Lipinski definition) is 2. The van der Waals surface area contributed by atoms with Gasteiger partial charge in [0.25, 0.3) is 0 Å². The third-order valence-corrected chi connectivity index (χ3v) is 4.39. The van der Waals surface area contributed by atoms with Crippen LogP contribution in [0.2, 0.25) is 0 Å². The van der Waals surface area contributed by atoms with Crippen LogP contribution in [-0.4, -0.2) is 25.6 Å². The molecule has 0 saturated heterocycles. The quantitative estimate of drug-likeness (QED) is 0.460. The molecule has 0 aliphatic rings. The van der Waals surface area contributed by atoms with Crippen LogP contribution in [0.5, 0.6) is 11.6 Å². The van der Waals surface area contributed by atoms with Gasteiger partial charge in [-0.2, -0.15) is 4.98 Å². The summed E-state index contributed by atoms with van der Waals surface area (Å²) in [5.74, 6) is 0.785. The van der Waals surface area contributed by atoms with Crippen LogP contribution in [0, 0.1) is 25.5 Å². The van der Waals surface area contributed by atoms with Crippen molar-refractivity contribution in [3.63, 3.8) is 0 Å². The second kappa shape index (κ2) is 8.80. The summed E-state index contributed by atoms with van der Waals surface area (Å²) in [6.45, 7) is 3.63. The van der Waals surface area contributed by atoms with Gasteiger partial charge in [-0.15, -0.1) is 0 Å². The highest BCUT2D eigenvalue weighted by Gasteiger charge is 2.09. The molecule has 32 heavy (non-hydrogen) atoms. The number of nitrogens with one attached hydrogen (secondary N) is 2. The van der Waals surface area contributed by atoms with Crippen molar-refractivity contribution in [3.8, 4) is 17.4 Å². The lowest BCUT2D eigenvalue weighted by Gasteiger charge is -2.11. The Balaban J connectivity index is 1.42. The van der Waals surface area contributed by atoms with Crippen molar-refractivity contribution in [1.29, 1.82) is 0 Å². The van der Waals surface area contributed by atoms with E-state index in [1.165, 1.54) is 6.07 Å². The average molecular weight is 436 g/mol. The maximum Gasteiger partial charge on any atom is 0.323 e. The summed E-state index contributed by atoms with van der Waals surface area (Å²) in [7, 11) is 0. The van der Waals surface area contributed by atoms with Gasteiger partial charge in [0.05, 0.1) is 0 Å². The molecule has 10 heteroatoms. The third-order valence-electron chi connectivity index (χ3n) is 4.39. The molecule has 0 atom stereocenters. The van der Waals surface area contributed by atoms with E-state index in [0.29, 0.717) is 29.0 Å². The molecule has 2 amide bonds. The number of nitrogens with zero attached hydrogens (tertiary/aromatic N) is 4. The molecule has 0 bridgehead atoms. The van der Waals surface area contributed by atoms with Crippen LogP contribution in [0.4, 0.5) is 25.0 Å². The fourth-order valence-electron chi connectivity index (χ4n) is 2.92. The highest BCUT2D eigenvalue weighted by molar-refractivity contribution is 5.99. The van der Waals surface area contributed by atoms with Gasteiger partial charge in [-0.05, 0) is 50.2 Å². The molecule has 0 aliphatic carbocycles. The van der Waals surface area contributed by atoms with Crippen molar-refractivity contribution in [1.82, 2.24) is 19.5 Å². The minimum absolute atomic E-state index is 0.129. The van der Waals surface area contributed by atoms with E-state index in [1.807, 2.05) is 11.5 Å². The van der Waals surface area contributed by atoms with Crippen molar-refractivity contribution in [2.45, 2.75) is 13.8 Å². The largest absolute Gasteiger partial charge is 0.439 e. The minimum Gasteiger partial charge on any atom is -0.439 e. The van der Waals surface area contributed by atoms with E-state index < -0.39 is 17.7 Å². The van der Waals surface area contributed by atoms with Crippen LogP contribution in [0.15, 0.2) is 60.9 Å². The van der Waals surface area contributed by atoms with E-state index in [0.717, 1.165) is 18.0 Å². The molecule has 0 saturated carbocycles. The van der Waals surface area contributed by atoms with Crippen molar-refractivity contribution in [3.05, 3.63) is 84.2 Å². The Bertz CT molecular complexity index is 1270. The zero-order chi connectivity index (χ0) is 22.7. The van der Waals surface area contributed by atoms with Crippen LogP contribution in [0.1, 0.15) is 11.6 Å². The smallest absolute Gasteiger partial charge is 0.323 e. The van der Waals surface area contributed by atoms with Crippen molar-refractivity contribution in [2.75, 3.05) is 10.6 Å². The average Bonchev–Trinajstić information content (AvgIpc) is 3.18. The van der Waals surface area contributed by atoms with Crippen LogP contribution in [0.25, 0.3) is 5.82 Å². The molecule has 8 nitrogen and oxygen atoms in total. The number of aryl methyl sites for hydroxylation is 2. The zero-order valence-corrected chi connectivity index (χ0v) is 17.1. The Morgan fingerprint density at radius 2 is 1.66 bits per heavy atom. The Labute approximate surface area is 181 Å². The Hall–Kier alpha value is -4.34. The number of rotatable bonds is 5. The SMILES string of the molecule is Cc1nc(Oc2ccc(NC(=O)Nc3ccc(F)c(F)c3)cc2)cc(-n2ccnc2C)n1. The number of carbonyl (C=O) groups excluding carboxylic acids is 1. The predicted molar refractivity (Wildman–Crippen MR) is 114 cm³/mol. The van der Waals surface area contributed by atoms with Crippen molar-refractivity contribution >= 4 is 17.4 Å². The second-order valence-electron chi connectivity index (χ2n) is 6.79. The number of amides is 2. The standard InChI is InChI=1S/C22H18F2N6O2/c1-13-26-20(30-10-9-25-14(30)2)12-21(27-13)32-17-6-3-15(4-7-17)28-22(31)29-16-5-8-18(23)19(24)11-16/h3-12H,1-2H3,(H2,28,29,31). The lowest BCUT2D eigenvalue weighted by Crippen LogP contribution is -2.19. The van der Waals surface area contributed by atoms with Gasteiger partial charge in [0, 0.05) is 35.9 Å². The summed E-state index contributed by atoms with van der Waals surface area (Å²) in [4.78, 5) is 25.0. The van der Waals surface area contributed by atoms with Gasteiger partial charge in [-0.25, -0.2) is 23.5 Å². The molecule has 4 rings (SSSR count). The summed E-state index contributed by atoms with van der Waals surface area (Å²) in [5.41, 5.74) is 0.607. The van der Waals surface area contributed by atoms with Gasteiger partial charge < -0.3 is 15.4 Å². The number of benzene rings is 2. The molecule has 0 spiro atoms. The molecule has 2 N–H and O–H groups in total. The summed E-state index contributed by atoms with van der Waals surface area (Å²) < 4.78 is 33.9. The topological polar surface area (TPSA) is 94.0 Å². The van der Waals surface area contributed by atoms with Gasteiger partial charge in [-0.1, -0.05) is 0 Å². The van der Waals surface area contributed by atoms with Gasteiger partial charge >= 0.3 is 6.03 Å². The van der Waals surface area contributed by atoms with Crippen LogP contribution in [0.3, 0.4) is 0 Å². The summed E-state index contributed by atoms with van der Waals surface area (Å²) >= 11 is 0. The second-order valence-corrected chi connectivity index (χ2v) is 6.79. The maximum absolute atomic E-state index is 13.3. The number of halogens is 2. The highest BCUT2D eigenvalue weighted by Crippen LogP contribution is 2.23. The van der Waals surface area contributed by atoms with Crippen LogP contribution >= 0.6 is 0 Å². The summed E-state index contributed by atoms with van der Waals surface area (Å²) in [6, 6.07) is 10.8. The minimum atomic E-state index is -1.05. The first-order valence-corrected chi connectivity index (χ1v) is 9.54. The highest BCUT2D eigenvalue weighted by atomic mass is 19.2. The summed E-state index contributed by atoms with van der Waals surface area (Å²) in [5, 5.41) is 5.03. The van der Waals surface area contributed by atoms with Gasteiger partial charge in [0.2, 0.25) is 5.88 Å². The van der Waals surface area contributed by atoms with E-state index in [-0.39, 0.29) is 5.69 Å². The number of imidazole rings is 1. The van der Waals surface area contributed by atoms with E-state index in [4.69, 9.17) is 4.74 Å². The van der Waals surface area contributed by atoms with E-state index in [9.17, 15) is 13.6 Å². The Morgan fingerprint density at radius 3 is 2.34 bits per heavy atom. The number of ether oxygens (including phenoxy) is 1. The van der Waals surface area contributed by atoms with Gasteiger partial charge in [-0.3, -0.25) is 4.57 Å². The number of hydrogen-bond acceptors (Lipinski definition) is 5. The van der Waals surface area contributed by atoms with Gasteiger partial charge in [0.15, 0.2) is 11.6 Å². The lowest BCUT2D eigenvalue weighted by molar-refractivity contribution is 0.262. The lowest BCUT2D eigenvalue weighted by atomic mass is 10.3. The Morgan fingerprint density at radius 1 is 0.938 bits per heavy atom. The number of aromatic nitrogens is 4. The molecule has 2 heterocycles. The van der Waals surface area contributed by atoms with Gasteiger partial charge in [0.1, 0.15) is 23.2 Å². The molecule has 4 aromatic rings. The first-order valence-electron chi connectivity index (χ1n) is 9.54. The molecule has 2 aromatic carbocycles. The van der Waals surface area contributed by atoms with E-state index in [2.05, 4.69) is 25.6 Å². The monoisotopic (exact) mass is 436 g/mol. The first-order chi connectivity index (χ1) is 15.4. The molecular formula is C22H18F2N6O2. The van der Waals surface area contributed by atoms with Crippen LogP contribution in [-0.2, 0) is 0 Å². The normalized spacial score (nSPS) is 10.6. The van der Waals surface area contributed by atoms with Crippen molar-refractivity contribution in [2.24, 2.45) is 0 Å². The zero-order valence-electron chi connectivity index (χ0n) is 17.1. The molecule has 0 aliphatic heterocycles. The van der Waals surface area contributed by atoms with Crippen LogP contribution < -0.4 is 15.4 Å². The predicted octanol–water partition coefficient (Wildman–Crippen LogP) is 4.99. The number of urea groups is 1. The molecule has 2 aromatic heterocycles. The summed E-state index contributed by atoms with van der Waals surface area (Å²) in [6.07, 6.45) is 3.48. The van der Waals surface area contributed by atoms with E-state index in [1.54, 1.807) is 49.6 Å². The third kappa shape index (κ3) is 4.86. The molecule has 0 radical (unpaired) electrons. The molecule has 0 fully saturated rings. The van der Waals surface area contributed by atoms with Crippen molar-refractivity contribution < 1.29 is 18.3 Å². The Kier molecular flexibility index (Phi) is 5.75. The van der Waals surface area contributed by atoms with E-state index >= 15 is 0 Å². The number of carbonyl (C=O) groups is 1. The molecular weight excluding hydrogens is 418 g/mol. The fourth-order valence-corrected chi connectivity index (χ4v) is 2.92. The first kappa shape index (κ1) is 20.9. The fraction of sp³-hybridized carbons (Fsp3) is 0.0909. The number of anilines is 2. The maximum atomic E-state index is 13.3.